The monoisotopic (exact) mass is 414 g/mol. The zero-order chi connectivity index (χ0) is 20.5. The largest absolute Gasteiger partial charge is 0.369 e. The van der Waals surface area contributed by atoms with Crippen LogP contribution in [0, 0.1) is 0 Å². The van der Waals surface area contributed by atoms with Gasteiger partial charge in [0.2, 0.25) is 0 Å². The summed E-state index contributed by atoms with van der Waals surface area (Å²) in [6, 6.07) is 13.8. The van der Waals surface area contributed by atoms with Gasteiger partial charge in [-0.3, -0.25) is 4.99 Å². The number of nitrogens with one attached hydrogen (secondary N) is 2. The number of piperidine rings is 1. The van der Waals surface area contributed by atoms with E-state index in [9.17, 15) is 8.42 Å². The van der Waals surface area contributed by atoms with E-state index in [1.54, 1.807) is 20.3 Å². The highest BCUT2D eigenvalue weighted by Gasteiger charge is 2.46. The molecule has 1 saturated heterocycles. The van der Waals surface area contributed by atoms with Gasteiger partial charge in [-0.15, -0.1) is 0 Å². The Kier molecular flexibility index (Phi) is 5.28. The lowest BCUT2D eigenvalue weighted by molar-refractivity contribution is 0.279. The van der Waals surface area contributed by atoms with Crippen molar-refractivity contribution in [3.8, 4) is 0 Å². The molecule has 0 amide bonds. The summed E-state index contributed by atoms with van der Waals surface area (Å²) in [5, 5.41) is 6.93. The van der Waals surface area contributed by atoms with Crippen LogP contribution in [0.1, 0.15) is 18.4 Å². The van der Waals surface area contributed by atoms with Crippen LogP contribution in [0.2, 0.25) is 0 Å². The van der Waals surface area contributed by atoms with Gasteiger partial charge in [0, 0.05) is 33.4 Å². The molecule has 1 aromatic heterocycles. The summed E-state index contributed by atoms with van der Waals surface area (Å²) in [5.74, 6) is 1.43. The van der Waals surface area contributed by atoms with E-state index in [2.05, 4.69) is 15.6 Å². The number of fused-ring (bicyclic) bond motifs is 1. The topological polar surface area (TPSA) is 89.9 Å². The molecule has 1 atom stereocenters. The number of amidine groups is 1. The third kappa shape index (κ3) is 3.85. The molecular formula is C20H26N6O2S. The molecule has 154 valence electrons. The summed E-state index contributed by atoms with van der Waals surface area (Å²) < 4.78 is 28.4. The predicted molar refractivity (Wildman–Crippen MR) is 115 cm³/mol. The molecule has 9 heteroatoms. The summed E-state index contributed by atoms with van der Waals surface area (Å²) >= 11 is 0. The fraction of sp³-hybridized carbons (Fsp3) is 0.400. The summed E-state index contributed by atoms with van der Waals surface area (Å²) in [6.07, 6.45) is 3.24. The van der Waals surface area contributed by atoms with Gasteiger partial charge in [-0.25, -0.2) is 4.98 Å². The third-order valence-corrected chi connectivity index (χ3v) is 7.27. The molecule has 1 aromatic carbocycles. The van der Waals surface area contributed by atoms with Crippen molar-refractivity contribution in [1.29, 1.82) is 0 Å². The Morgan fingerprint density at radius 3 is 2.76 bits per heavy atom. The zero-order valence-corrected chi connectivity index (χ0v) is 17.5. The zero-order valence-electron chi connectivity index (χ0n) is 16.7. The van der Waals surface area contributed by atoms with Crippen molar-refractivity contribution < 1.29 is 8.42 Å². The minimum atomic E-state index is -3.51. The van der Waals surface area contributed by atoms with Crippen LogP contribution in [0.3, 0.4) is 0 Å². The Morgan fingerprint density at radius 2 is 2.00 bits per heavy atom. The van der Waals surface area contributed by atoms with Gasteiger partial charge >= 0.3 is 0 Å². The number of anilines is 2. The van der Waals surface area contributed by atoms with Crippen LogP contribution in [-0.2, 0) is 16.8 Å². The molecule has 4 rings (SSSR count). The van der Waals surface area contributed by atoms with E-state index in [0.29, 0.717) is 25.5 Å². The molecule has 2 aliphatic heterocycles. The van der Waals surface area contributed by atoms with Crippen molar-refractivity contribution in [2.24, 2.45) is 4.99 Å². The average molecular weight is 415 g/mol. The number of aliphatic imine (C=N–C) groups is 1. The molecule has 0 radical (unpaired) electrons. The Morgan fingerprint density at radius 1 is 1.21 bits per heavy atom. The van der Waals surface area contributed by atoms with E-state index >= 15 is 0 Å². The fourth-order valence-electron chi connectivity index (χ4n) is 3.84. The maximum Gasteiger partial charge on any atom is 0.281 e. The smallest absolute Gasteiger partial charge is 0.281 e. The Bertz CT molecular complexity index is 1010. The first kappa shape index (κ1) is 19.8. The van der Waals surface area contributed by atoms with Crippen molar-refractivity contribution in [1.82, 2.24) is 13.6 Å². The lowest BCUT2D eigenvalue weighted by Crippen LogP contribution is -2.63. The Balaban J connectivity index is 1.71. The Labute approximate surface area is 171 Å². The number of benzene rings is 1. The van der Waals surface area contributed by atoms with Gasteiger partial charge < -0.3 is 10.6 Å². The molecular weight excluding hydrogens is 388 g/mol. The van der Waals surface area contributed by atoms with Gasteiger partial charge in [0.25, 0.3) is 10.2 Å². The molecule has 1 spiro atoms. The molecule has 2 aromatic rings. The standard InChI is InChI=1S/C20H26N6O2S/c1-25(2)29(27,28)26-13-7-11-20(15-26)19(22-14-16-8-4-3-5-9-16)23-18-17(24-20)10-6-12-21-18/h3-6,8-10,12,24H,7,11,13-15H2,1-2H3,(H,21,22,23)/t20-/m0/s1. The van der Waals surface area contributed by atoms with E-state index in [-0.39, 0.29) is 0 Å². The van der Waals surface area contributed by atoms with Crippen molar-refractivity contribution in [2.75, 3.05) is 37.8 Å². The van der Waals surface area contributed by atoms with Crippen LogP contribution in [0.25, 0.3) is 0 Å². The number of rotatable bonds is 4. The average Bonchev–Trinajstić information content (AvgIpc) is 2.73. The summed E-state index contributed by atoms with van der Waals surface area (Å²) in [6.45, 7) is 1.31. The molecule has 0 saturated carbocycles. The van der Waals surface area contributed by atoms with Gasteiger partial charge in [0.1, 0.15) is 11.4 Å². The van der Waals surface area contributed by atoms with Gasteiger partial charge in [-0.05, 0) is 30.5 Å². The first-order valence-corrected chi connectivity index (χ1v) is 11.1. The molecule has 0 bridgehead atoms. The van der Waals surface area contributed by atoms with Gasteiger partial charge in [-0.1, -0.05) is 30.3 Å². The maximum atomic E-state index is 12.8. The molecule has 3 heterocycles. The highest BCUT2D eigenvalue weighted by Crippen LogP contribution is 2.36. The molecule has 2 N–H and O–H groups in total. The van der Waals surface area contributed by atoms with Crippen LogP contribution in [0.5, 0.6) is 0 Å². The fourth-order valence-corrected chi connectivity index (χ4v) is 5.04. The number of hydrogen-bond donors (Lipinski definition) is 2. The quantitative estimate of drug-likeness (QED) is 0.800. The van der Waals surface area contributed by atoms with Crippen LogP contribution in [-0.4, -0.2) is 60.6 Å². The van der Waals surface area contributed by atoms with E-state index in [4.69, 9.17) is 4.99 Å². The number of pyridine rings is 1. The van der Waals surface area contributed by atoms with Gasteiger partial charge in [0.05, 0.1) is 12.2 Å². The summed E-state index contributed by atoms with van der Waals surface area (Å²) in [4.78, 5) is 9.26. The molecule has 1 fully saturated rings. The van der Waals surface area contributed by atoms with Gasteiger partial charge in [0.15, 0.2) is 5.82 Å². The van der Waals surface area contributed by atoms with Crippen LogP contribution >= 0.6 is 0 Å². The highest BCUT2D eigenvalue weighted by atomic mass is 32.2. The molecule has 8 nitrogen and oxygen atoms in total. The molecule has 0 aliphatic carbocycles. The number of aromatic nitrogens is 1. The molecule has 0 unspecified atom stereocenters. The predicted octanol–water partition coefficient (Wildman–Crippen LogP) is 2.16. The van der Waals surface area contributed by atoms with E-state index < -0.39 is 15.7 Å². The lowest BCUT2D eigenvalue weighted by Gasteiger charge is -2.46. The van der Waals surface area contributed by atoms with Crippen molar-refractivity contribution in [2.45, 2.75) is 24.9 Å². The van der Waals surface area contributed by atoms with Gasteiger partial charge in [-0.2, -0.15) is 17.0 Å². The molecule has 29 heavy (non-hydrogen) atoms. The maximum absolute atomic E-state index is 12.8. The molecule has 2 aliphatic rings. The first-order valence-electron chi connectivity index (χ1n) is 9.67. The van der Waals surface area contributed by atoms with E-state index in [0.717, 1.165) is 29.9 Å². The second kappa shape index (κ2) is 7.74. The van der Waals surface area contributed by atoms with Crippen molar-refractivity contribution in [3.63, 3.8) is 0 Å². The van der Waals surface area contributed by atoms with E-state index in [1.165, 1.54) is 8.61 Å². The highest BCUT2D eigenvalue weighted by molar-refractivity contribution is 7.86. The van der Waals surface area contributed by atoms with Crippen LogP contribution in [0.4, 0.5) is 11.5 Å². The summed E-state index contributed by atoms with van der Waals surface area (Å²) in [5.41, 5.74) is 1.33. The van der Waals surface area contributed by atoms with Crippen molar-refractivity contribution >= 4 is 27.6 Å². The third-order valence-electron chi connectivity index (χ3n) is 5.38. The minimum Gasteiger partial charge on any atom is -0.369 e. The number of nitrogens with zero attached hydrogens (tertiary/aromatic N) is 4. The Hall–Kier alpha value is -2.49. The van der Waals surface area contributed by atoms with Crippen LogP contribution < -0.4 is 10.6 Å². The SMILES string of the molecule is CN(C)S(=O)(=O)N1CCC[C@@]2(C1)Nc1cccnc1NC2=NCc1ccccc1. The summed E-state index contributed by atoms with van der Waals surface area (Å²) in [7, 11) is -0.390. The van der Waals surface area contributed by atoms with E-state index in [1.807, 2.05) is 42.5 Å². The van der Waals surface area contributed by atoms with Crippen LogP contribution in [0.15, 0.2) is 53.7 Å². The normalized spacial score (nSPS) is 23.6. The van der Waals surface area contributed by atoms with Crippen molar-refractivity contribution in [3.05, 3.63) is 54.2 Å². The second-order valence-electron chi connectivity index (χ2n) is 7.61. The lowest BCUT2D eigenvalue weighted by atomic mass is 9.86. The number of hydrogen-bond acceptors (Lipinski definition) is 5. The second-order valence-corrected chi connectivity index (χ2v) is 9.75. The first-order chi connectivity index (χ1) is 13.9. The minimum absolute atomic E-state index is 0.308.